The van der Waals surface area contributed by atoms with Crippen molar-refractivity contribution in [3.05, 3.63) is 11.1 Å². The van der Waals surface area contributed by atoms with E-state index in [0.717, 1.165) is 25.7 Å². The van der Waals surface area contributed by atoms with E-state index in [1.165, 1.54) is 38.5 Å². The van der Waals surface area contributed by atoms with Crippen LogP contribution in [0.2, 0.25) is 0 Å². The van der Waals surface area contributed by atoms with Crippen molar-refractivity contribution in [1.82, 2.24) is 0 Å². The largest absolute Gasteiger partial charge is 0.462 e. The van der Waals surface area contributed by atoms with Gasteiger partial charge in [-0.25, -0.2) is 0 Å². The molecule has 0 N–H and O–H groups in total. The van der Waals surface area contributed by atoms with Gasteiger partial charge in [0.15, 0.2) is 0 Å². The molecule has 7 atom stereocenters. The summed E-state index contributed by atoms with van der Waals surface area (Å²) in [6.45, 7) is 20.5. The standard InChI is InChI=1S/C32H52O3/c1-20(2)26(34)12-10-21(3)23-14-18-32(9)25-11-13-27-29(5,6)28(35-22(4)33)16-17-30(27,7)24(25)15-19-31(23,32)8/h20-21,23,27-28H,10-19H2,1-9H3. The fraction of sp³-hybridized carbons (Fsp3) is 0.875. The van der Waals surface area contributed by atoms with E-state index in [0.29, 0.717) is 29.0 Å². The zero-order valence-electron chi connectivity index (χ0n) is 24.2. The fourth-order valence-corrected chi connectivity index (χ4v) is 9.89. The van der Waals surface area contributed by atoms with E-state index in [4.69, 9.17) is 4.74 Å². The van der Waals surface area contributed by atoms with Crippen LogP contribution in [-0.4, -0.2) is 17.9 Å². The van der Waals surface area contributed by atoms with Gasteiger partial charge in [0.05, 0.1) is 0 Å². The number of carbonyl (C=O) groups is 2. The van der Waals surface area contributed by atoms with Crippen LogP contribution in [0.5, 0.6) is 0 Å². The second-order valence-electron chi connectivity index (χ2n) is 14.5. The highest BCUT2D eigenvalue weighted by Gasteiger charge is 2.63. The molecular weight excluding hydrogens is 432 g/mol. The normalized spacial score (nSPS) is 41.1. The van der Waals surface area contributed by atoms with E-state index >= 15 is 0 Å². The topological polar surface area (TPSA) is 43.4 Å². The summed E-state index contributed by atoms with van der Waals surface area (Å²) >= 11 is 0. The lowest BCUT2D eigenvalue weighted by molar-refractivity contribution is -0.167. The molecule has 2 saturated carbocycles. The van der Waals surface area contributed by atoms with E-state index in [1.807, 2.05) is 13.8 Å². The van der Waals surface area contributed by atoms with Crippen molar-refractivity contribution in [1.29, 1.82) is 0 Å². The van der Waals surface area contributed by atoms with Gasteiger partial charge in [-0.3, -0.25) is 9.59 Å². The first-order valence-electron chi connectivity index (χ1n) is 14.6. The van der Waals surface area contributed by atoms with Crippen LogP contribution < -0.4 is 0 Å². The van der Waals surface area contributed by atoms with Gasteiger partial charge in [-0.1, -0.05) is 66.5 Å². The van der Waals surface area contributed by atoms with Gasteiger partial charge in [-0.2, -0.15) is 0 Å². The number of Topliss-reactive ketones (excluding diaryl/α,β-unsaturated/α-hetero) is 1. The van der Waals surface area contributed by atoms with E-state index < -0.39 is 0 Å². The highest BCUT2D eigenvalue weighted by atomic mass is 16.5. The molecule has 0 bridgehead atoms. The first-order chi connectivity index (χ1) is 16.2. The van der Waals surface area contributed by atoms with Gasteiger partial charge in [0.1, 0.15) is 11.9 Å². The lowest BCUT2D eigenvalue weighted by Crippen LogP contribution is -2.55. The molecule has 0 saturated heterocycles. The summed E-state index contributed by atoms with van der Waals surface area (Å²) in [5.41, 5.74) is 4.44. The van der Waals surface area contributed by atoms with Gasteiger partial charge in [-0.15, -0.1) is 0 Å². The maximum absolute atomic E-state index is 12.3. The zero-order valence-corrected chi connectivity index (χ0v) is 24.2. The van der Waals surface area contributed by atoms with Crippen LogP contribution >= 0.6 is 0 Å². The van der Waals surface area contributed by atoms with Crippen molar-refractivity contribution in [3.8, 4) is 0 Å². The summed E-state index contributed by atoms with van der Waals surface area (Å²) in [7, 11) is 0. The number of ketones is 1. The SMILES string of the molecule is CC(=O)OC1CCC2(C)C3=C(CCC2C1(C)C)C1(C)CCC(C(C)CCC(=O)C(C)C)C1(C)CC3. The molecule has 0 aromatic carbocycles. The van der Waals surface area contributed by atoms with Gasteiger partial charge in [0.25, 0.3) is 0 Å². The molecule has 4 rings (SSSR count). The Morgan fingerprint density at radius 2 is 1.60 bits per heavy atom. The third-order valence-corrected chi connectivity index (χ3v) is 12.2. The molecule has 0 aromatic heterocycles. The molecule has 0 heterocycles. The Labute approximate surface area is 215 Å². The number of fused-ring (bicyclic) bond motifs is 4. The first kappa shape index (κ1) is 26.9. The van der Waals surface area contributed by atoms with Gasteiger partial charge in [-0.05, 0) is 91.8 Å². The average Bonchev–Trinajstić information content (AvgIpc) is 3.05. The monoisotopic (exact) mass is 484 g/mol. The van der Waals surface area contributed by atoms with E-state index in [9.17, 15) is 9.59 Å². The summed E-state index contributed by atoms with van der Waals surface area (Å²) in [4.78, 5) is 24.2. The summed E-state index contributed by atoms with van der Waals surface area (Å²) in [6.07, 6.45) is 11.5. The third-order valence-electron chi connectivity index (χ3n) is 12.2. The second kappa shape index (κ2) is 9.02. The molecule has 2 fully saturated rings. The lowest BCUT2D eigenvalue weighted by Gasteiger charge is -2.62. The molecule has 0 aliphatic heterocycles. The minimum atomic E-state index is -0.135. The number of hydrogen-bond acceptors (Lipinski definition) is 3. The second-order valence-corrected chi connectivity index (χ2v) is 14.5. The van der Waals surface area contributed by atoms with Gasteiger partial charge >= 0.3 is 5.97 Å². The number of esters is 1. The molecule has 35 heavy (non-hydrogen) atoms. The summed E-state index contributed by atoms with van der Waals surface area (Å²) < 4.78 is 5.86. The summed E-state index contributed by atoms with van der Waals surface area (Å²) in [5, 5.41) is 0. The quantitative estimate of drug-likeness (QED) is 0.281. The lowest BCUT2D eigenvalue weighted by atomic mass is 9.43. The molecule has 0 radical (unpaired) electrons. The highest BCUT2D eigenvalue weighted by Crippen LogP contribution is 2.72. The molecule has 4 aliphatic rings. The van der Waals surface area contributed by atoms with Crippen molar-refractivity contribution in [2.75, 3.05) is 0 Å². The van der Waals surface area contributed by atoms with Crippen LogP contribution in [-0.2, 0) is 14.3 Å². The molecule has 3 heteroatoms. The van der Waals surface area contributed by atoms with Crippen LogP contribution in [0.3, 0.4) is 0 Å². The van der Waals surface area contributed by atoms with Crippen molar-refractivity contribution in [2.45, 2.75) is 133 Å². The first-order valence-corrected chi connectivity index (χ1v) is 14.6. The Hall–Kier alpha value is -1.12. The Balaban J connectivity index is 1.61. The van der Waals surface area contributed by atoms with E-state index in [2.05, 4.69) is 41.5 Å². The third kappa shape index (κ3) is 4.06. The average molecular weight is 485 g/mol. The van der Waals surface area contributed by atoms with Crippen LogP contribution in [0, 0.1) is 45.3 Å². The van der Waals surface area contributed by atoms with Crippen molar-refractivity contribution < 1.29 is 14.3 Å². The van der Waals surface area contributed by atoms with Crippen molar-refractivity contribution in [2.24, 2.45) is 45.3 Å². The van der Waals surface area contributed by atoms with E-state index in [-0.39, 0.29) is 34.2 Å². The Morgan fingerprint density at radius 3 is 2.23 bits per heavy atom. The number of rotatable bonds is 6. The molecule has 0 amide bonds. The Kier molecular flexibility index (Phi) is 6.94. The van der Waals surface area contributed by atoms with Gasteiger partial charge in [0, 0.05) is 24.7 Å². The van der Waals surface area contributed by atoms with Crippen LogP contribution in [0.25, 0.3) is 0 Å². The van der Waals surface area contributed by atoms with Crippen LogP contribution in [0.1, 0.15) is 127 Å². The Morgan fingerprint density at radius 1 is 0.914 bits per heavy atom. The number of carbonyl (C=O) groups excluding carboxylic acids is 2. The Bertz CT molecular complexity index is 896. The zero-order chi connectivity index (χ0) is 26.0. The number of allylic oxidation sites excluding steroid dienone is 2. The maximum Gasteiger partial charge on any atom is 0.302 e. The minimum Gasteiger partial charge on any atom is -0.462 e. The number of hydrogen-bond donors (Lipinski definition) is 0. The molecule has 0 aromatic rings. The van der Waals surface area contributed by atoms with Crippen molar-refractivity contribution in [3.63, 3.8) is 0 Å². The molecule has 0 spiro atoms. The summed E-state index contributed by atoms with van der Waals surface area (Å²) in [6, 6.07) is 0. The minimum absolute atomic E-state index is 0.00846. The predicted octanol–water partition coefficient (Wildman–Crippen LogP) is 8.31. The predicted molar refractivity (Wildman–Crippen MR) is 143 cm³/mol. The molecular formula is C32H52O3. The summed E-state index contributed by atoms with van der Waals surface area (Å²) in [5.74, 6) is 2.34. The van der Waals surface area contributed by atoms with Gasteiger partial charge in [0.2, 0.25) is 0 Å². The molecule has 4 aliphatic carbocycles. The van der Waals surface area contributed by atoms with Crippen molar-refractivity contribution >= 4 is 11.8 Å². The maximum atomic E-state index is 12.3. The number of ether oxygens (including phenoxy) is 1. The molecule has 198 valence electrons. The highest BCUT2D eigenvalue weighted by molar-refractivity contribution is 5.80. The van der Waals surface area contributed by atoms with E-state index in [1.54, 1.807) is 18.1 Å². The van der Waals surface area contributed by atoms with Crippen LogP contribution in [0.15, 0.2) is 11.1 Å². The van der Waals surface area contributed by atoms with Gasteiger partial charge < -0.3 is 4.74 Å². The smallest absolute Gasteiger partial charge is 0.302 e. The fourth-order valence-electron chi connectivity index (χ4n) is 9.89. The van der Waals surface area contributed by atoms with Crippen LogP contribution in [0.4, 0.5) is 0 Å². The molecule has 7 unspecified atom stereocenters. The molecule has 3 nitrogen and oxygen atoms in total.